The van der Waals surface area contributed by atoms with E-state index < -0.39 is 10.8 Å². The smallest absolute Gasteiger partial charge is 0.120 e. The summed E-state index contributed by atoms with van der Waals surface area (Å²) in [6, 6.07) is 6.81. The molecule has 0 aliphatic carbocycles. The van der Waals surface area contributed by atoms with E-state index in [4.69, 9.17) is 15.7 Å². The second-order valence-corrected chi connectivity index (χ2v) is 4.20. The largest absolute Gasteiger partial charge is 0.494 e. The molecule has 0 aromatic heterocycles. The van der Waals surface area contributed by atoms with Crippen LogP contribution in [0, 0.1) is 11.3 Å². The van der Waals surface area contributed by atoms with Gasteiger partial charge in [-0.15, -0.1) is 0 Å². The standard InChI is InChI=1S/C10H12N2O2S/c1-2-14-8-3-4-9(12)10(7-8)15(13)6-5-11/h3-4,7H,2,6,12H2,1H3. The van der Waals surface area contributed by atoms with Crippen molar-refractivity contribution in [1.29, 1.82) is 5.26 Å². The molecule has 2 N–H and O–H groups in total. The van der Waals surface area contributed by atoms with Crippen LogP contribution in [-0.2, 0) is 10.8 Å². The van der Waals surface area contributed by atoms with Gasteiger partial charge in [0.2, 0.25) is 0 Å². The van der Waals surface area contributed by atoms with Gasteiger partial charge in [-0.25, -0.2) is 0 Å². The van der Waals surface area contributed by atoms with Crippen molar-refractivity contribution >= 4 is 16.5 Å². The van der Waals surface area contributed by atoms with E-state index in [2.05, 4.69) is 0 Å². The number of rotatable bonds is 4. The van der Waals surface area contributed by atoms with Gasteiger partial charge in [0.05, 0.1) is 28.4 Å². The molecule has 0 aliphatic heterocycles. The minimum absolute atomic E-state index is 0.0558. The summed E-state index contributed by atoms with van der Waals surface area (Å²) in [7, 11) is -1.37. The molecule has 0 radical (unpaired) electrons. The Morgan fingerprint density at radius 1 is 1.60 bits per heavy atom. The van der Waals surface area contributed by atoms with Gasteiger partial charge in [0.15, 0.2) is 0 Å². The van der Waals surface area contributed by atoms with E-state index in [1.54, 1.807) is 18.2 Å². The highest BCUT2D eigenvalue weighted by molar-refractivity contribution is 7.85. The van der Waals surface area contributed by atoms with Gasteiger partial charge in [0.1, 0.15) is 11.5 Å². The summed E-state index contributed by atoms with van der Waals surface area (Å²) >= 11 is 0. The molecular weight excluding hydrogens is 212 g/mol. The van der Waals surface area contributed by atoms with Gasteiger partial charge in [-0.3, -0.25) is 4.21 Å². The number of nitriles is 1. The first-order valence-electron chi connectivity index (χ1n) is 4.46. The second-order valence-electron chi connectivity index (χ2n) is 2.78. The number of anilines is 1. The number of hydrogen-bond acceptors (Lipinski definition) is 4. The van der Waals surface area contributed by atoms with Crippen molar-refractivity contribution in [3.8, 4) is 11.8 Å². The molecule has 4 nitrogen and oxygen atoms in total. The fourth-order valence-corrected chi connectivity index (χ4v) is 1.96. The Labute approximate surface area is 91.1 Å². The van der Waals surface area contributed by atoms with Crippen molar-refractivity contribution in [2.45, 2.75) is 11.8 Å². The number of nitrogens with zero attached hydrogens (tertiary/aromatic N) is 1. The van der Waals surface area contributed by atoms with Crippen molar-refractivity contribution in [3.63, 3.8) is 0 Å². The first kappa shape index (κ1) is 11.5. The van der Waals surface area contributed by atoms with E-state index in [1.807, 2.05) is 13.0 Å². The van der Waals surface area contributed by atoms with E-state index in [1.165, 1.54) is 0 Å². The van der Waals surface area contributed by atoms with Crippen molar-refractivity contribution in [1.82, 2.24) is 0 Å². The lowest BCUT2D eigenvalue weighted by Gasteiger charge is -2.07. The fraction of sp³-hybridized carbons (Fsp3) is 0.300. The maximum atomic E-state index is 11.6. The molecule has 15 heavy (non-hydrogen) atoms. The van der Waals surface area contributed by atoms with Gasteiger partial charge in [-0.2, -0.15) is 5.26 Å². The molecule has 1 unspecified atom stereocenters. The van der Waals surface area contributed by atoms with Crippen molar-refractivity contribution < 1.29 is 8.95 Å². The molecule has 5 heteroatoms. The van der Waals surface area contributed by atoms with Crippen LogP contribution in [-0.4, -0.2) is 16.6 Å². The number of nitrogen functional groups attached to an aromatic ring is 1. The Balaban J connectivity index is 3.00. The Morgan fingerprint density at radius 3 is 2.93 bits per heavy atom. The van der Waals surface area contributed by atoms with Crippen molar-refractivity contribution in [2.24, 2.45) is 0 Å². The highest BCUT2D eigenvalue weighted by Gasteiger charge is 2.08. The van der Waals surface area contributed by atoms with Crippen LogP contribution in [0.2, 0.25) is 0 Å². The van der Waals surface area contributed by atoms with Gasteiger partial charge in [0.25, 0.3) is 0 Å². The summed E-state index contributed by atoms with van der Waals surface area (Å²) in [5.74, 6) is 0.563. The average Bonchev–Trinajstić information content (AvgIpc) is 2.21. The molecular formula is C10H12N2O2S. The topological polar surface area (TPSA) is 76.1 Å². The lowest BCUT2D eigenvalue weighted by atomic mass is 10.3. The molecule has 1 atom stereocenters. The van der Waals surface area contributed by atoms with E-state index in [9.17, 15) is 4.21 Å². The third-order valence-electron chi connectivity index (χ3n) is 1.74. The molecule has 0 heterocycles. The van der Waals surface area contributed by atoms with Crippen LogP contribution in [0.3, 0.4) is 0 Å². The number of nitrogens with two attached hydrogens (primary N) is 1. The van der Waals surface area contributed by atoms with Gasteiger partial charge in [-0.1, -0.05) is 0 Å². The second kappa shape index (κ2) is 5.37. The number of benzene rings is 1. The molecule has 1 aromatic rings. The summed E-state index contributed by atoms with van der Waals surface area (Å²) in [6.45, 7) is 2.40. The molecule has 0 amide bonds. The summed E-state index contributed by atoms with van der Waals surface area (Å²) in [6.07, 6.45) is 0. The van der Waals surface area contributed by atoms with Gasteiger partial charge in [-0.05, 0) is 25.1 Å². The molecule has 80 valence electrons. The predicted octanol–water partition coefficient (Wildman–Crippen LogP) is 1.30. The third kappa shape index (κ3) is 2.96. The quantitative estimate of drug-likeness (QED) is 0.782. The fourth-order valence-electron chi connectivity index (χ4n) is 1.10. The molecule has 1 aromatic carbocycles. The monoisotopic (exact) mass is 224 g/mol. The highest BCUT2D eigenvalue weighted by Crippen LogP contribution is 2.22. The van der Waals surface area contributed by atoms with Crippen molar-refractivity contribution in [3.05, 3.63) is 18.2 Å². The predicted molar refractivity (Wildman–Crippen MR) is 58.9 cm³/mol. The lowest BCUT2D eigenvalue weighted by molar-refractivity contribution is 0.339. The van der Waals surface area contributed by atoms with Crippen LogP contribution in [0.4, 0.5) is 5.69 Å². The summed E-state index contributed by atoms with van der Waals surface area (Å²) in [5, 5.41) is 8.45. The van der Waals surface area contributed by atoms with E-state index in [0.29, 0.717) is 22.9 Å². The normalized spacial score (nSPS) is 11.7. The Hall–Kier alpha value is -1.54. The number of ether oxygens (including phenoxy) is 1. The maximum Gasteiger partial charge on any atom is 0.120 e. The molecule has 0 saturated heterocycles. The Morgan fingerprint density at radius 2 is 2.33 bits per heavy atom. The van der Waals surface area contributed by atoms with Crippen LogP contribution < -0.4 is 10.5 Å². The Kier molecular flexibility index (Phi) is 4.13. The molecule has 1 rings (SSSR count). The first-order chi connectivity index (χ1) is 7.19. The zero-order chi connectivity index (χ0) is 11.3. The Bertz CT molecular complexity index is 412. The SMILES string of the molecule is CCOc1ccc(N)c(S(=O)CC#N)c1. The summed E-state index contributed by atoms with van der Waals surface area (Å²) < 4.78 is 16.8. The third-order valence-corrected chi connectivity index (χ3v) is 2.97. The molecule has 0 aliphatic rings. The van der Waals surface area contributed by atoms with E-state index in [-0.39, 0.29) is 5.75 Å². The molecule has 0 bridgehead atoms. The minimum atomic E-state index is -1.37. The zero-order valence-corrected chi connectivity index (χ0v) is 9.21. The van der Waals surface area contributed by atoms with Gasteiger partial charge < -0.3 is 10.5 Å². The first-order valence-corrected chi connectivity index (χ1v) is 5.78. The van der Waals surface area contributed by atoms with Crippen LogP contribution in [0.5, 0.6) is 5.75 Å². The van der Waals surface area contributed by atoms with E-state index in [0.717, 1.165) is 0 Å². The lowest BCUT2D eigenvalue weighted by Crippen LogP contribution is -2.02. The van der Waals surface area contributed by atoms with Gasteiger partial charge in [0, 0.05) is 5.69 Å². The van der Waals surface area contributed by atoms with E-state index >= 15 is 0 Å². The minimum Gasteiger partial charge on any atom is -0.494 e. The summed E-state index contributed by atoms with van der Waals surface area (Å²) in [5.41, 5.74) is 6.08. The molecule has 0 spiro atoms. The summed E-state index contributed by atoms with van der Waals surface area (Å²) in [4.78, 5) is 0.461. The highest BCUT2D eigenvalue weighted by atomic mass is 32.2. The zero-order valence-electron chi connectivity index (χ0n) is 8.40. The van der Waals surface area contributed by atoms with Crippen LogP contribution in [0.1, 0.15) is 6.92 Å². The van der Waals surface area contributed by atoms with Crippen molar-refractivity contribution in [2.75, 3.05) is 18.1 Å². The van der Waals surface area contributed by atoms with Crippen LogP contribution in [0.15, 0.2) is 23.1 Å². The van der Waals surface area contributed by atoms with Crippen LogP contribution in [0.25, 0.3) is 0 Å². The molecule has 0 saturated carbocycles. The van der Waals surface area contributed by atoms with Crippen LogP contribution >= 0.6 is 0 Å². The maximum absolute atomic E-state index is 11.6. The molecule has 0 fully saturated rings. The van der Waals surface area contributed by atoms with Gasteiger partial charge >= 0.3 is 0 Å². The number of hydrogen-bond donors (Lipinski definition) is 1. The average molecular weight is 224 g/mol.